The van der Waals surface area contributed by atoms with Crippen LogP contribution in [-0.2, 0) is 16.1 Å². The van der Waals surface area contributed by atoms with E-state index in [1.54, 1.807) is 4.90 Å². The van der Waals surface area contributed by atoms with E-state index in [1.165, 1.54) is 5.56 Å². The Balaban J connectivity index is 1.22. The van der Waals surface area contributed by atoms with E-state index in [1.807, 2.05) is 18.2 Å². The van der Waals surface area contributed by atoms with Crippen molar-refractivity contribution in [3.8, 4) is 0 Å². The molecule has 0 bridgehead atoms. The van der Waals surface area contributed by atoms with Crippen LogP contribution in [0.15, 0.2) is 34.9 Å². The van der Waals surface area contributed by atoms with Gasteiger partial charge in [-0.05, 0) is 12.0 Å². The van der Waals surface area contributed by atoms with Crippen molar-refractivity contribution in [3.63, 3.8) is 0 Å². The summed E-state index contributed by atoms with van der Waals surface area (Å²) >= 11 is 0. The second-order valence-corrected chi connectivity index (χ2v) is 7.15. The molecule has 2 unspecified atom stereocenters. The van der Waals surface area contributed by atoms with Crippen LogP contribution in [0.25, 0.3) is 0 Å². The van der Waals surface area contributed by atoms with Gasteiger partial charge in [-0.25, -0.2) is 0 Å². The molecule has 4 heterocycles. The Morgan fingerprint density at radius 3 is 2.96 bits per heavy atom. The number of benzene rings is 1. The normalized spacial score (nSPS) is 30.7. The third-order valence-corrected chi connectivity index (χ3v) is 5.40. The molecule has 9 heteroatoms. The molecule has 1 aromatic carbocycles. The zero-order chi connectivity index (χ0) is 18.2. The first-order valence-corrected chi connectivity index (χ1v) is 9.26. The monoisotopic (exact) mass is 370 g/mol. The van der Waals surface area contributed by atoms with Crippen LogP contribution in [-0.4, -0.2) is 53.1 Å². The molecule has 142 valence electrons. The van der Waals surface area contributed by atoms with E-state index < -0.39 is 0 Å². The quantitative estimate of drug-likeness (QED) is 0.694. The van der Waals surface area contributed by atoms with Gasteiger partial charge in [0.2, 0.25) is 11.8 Å². The van der Waals surface area contributed by atoms with Crippen molar-refractivity contribution in [2.24, 2.45) is 0 Å². The molecule has 9 nitrogen and oxygen atoms in total. The van der Waals surface area contributed by atoms with Crippen LogP contribution >= 0.6 is 0 Å². The molecule has 3 saturated heterocycles. The molecule has 27 heavy (non-hydrogen) atoms. The Hall–Kier alpha value is -2.33. The maximum absolute atomic E-state index is 12.5. The minimum absolute atomic E-state index is 0.0162. The lowest BCUT2D eigenvalue weighted by Crippen LogP contribution is -2.62. The van der Waals surface area contributed by atoms with Gasteiger partial charge in [0.25, 0.3) is 0 Å². The molecule has 0 radical (unpaired) electrons. The Kier molecular flexibility index (Phi) is 4.36. The van der Waals surface area contributed by atoms with Gasteiger partial charge in [0.05, 0.1) is 25.5 Å². The van der Waals surface area contributed by atoms with Gasteiger partial charge in [-0.3, -0.25) is 20.7 Å². The van der Waals surface area contributed by atoms with Gasteiger partial charge in [0.1, 0.15) is 12.6 Å². The van der Waals surface area contributed by atoms with Crippen LogP contribution in [0.2, 0.25) is 0 Å². The highest BCUT2D eigenvalue weighted by molar-refractivity contribution is 5.83. The summed E-state index contributed by atoms with van der Waals surface area (Å²) < 4.78 is 11.3. The minimum atomic E-state index is -0.254. The first-order chi connectivity index (χ1) is 13.3. The van der Waals surface area contributed by atoms with E-state index >= 15 is 0 Å². The van der Waals surface area contributed by atoms with Crippen molar-refractivity contribution in [2.75, 3.05) is 19.9 Å². The predicted molar refractivity (Wildman–Crippen MR) is 94.1 cm³/mol. The number of rotatable bonds is 4. The van der Waals surface area contributed by atoms with Gasteiger partial charge in [0.15, 0.2) is 5.82 Å². The number of ether oxygens (including phenoxy) is 1. The van der Waals surface area contributed by atoms with Crippen LogP contribution in [0.3, 0.4) is 0 Å². The summed E-state index contributed by atoms with van der Waals surface area (Å²) in [5.74, 6) is 1.25. The maximum Gasteiger partial charge on any atom is 0.246 e. The van der Waals surface area contributed by atoms with Crippen molar-refractivity contribution < 1.29 is 14.1 Å². The smallest absolute Gasteiger partial charge is 0.246 e. The second-order valence-electron chi connectivity index (χ2n) is 7.15. The van der Waals surface area contributed by atoms with E-state index in [0.717, 1.165) is 6.42 Å². The van der Waals surface area contributed by atoms with Crippen LogP contribution in [0.5, 0.6) is 0 Å². The molecule has 3 fully saturated rings. The van der Waals surface area contributed by atoms with Gasteiger partial charge in [-0.2, -0.15) is 4.98 Å². The van der Waals surface area contributed by atoms with E-state index in [2.05, 4.69) is 38.2 Å². The topological polar surface area (TPSA) is 105 Å². The number of amides is 1. The zero-order valence-corrected chi connectivity index (χ0v) is 14.8. The third kappa shape index (κ3) is 3.23. The van der Waals surface area contributed by atoms with Crippen molar-refractivity contribution in [3.05, 3.63) is 47.6 Å². The minimum Gasteiger partial charge on any atom is -0.373 e. The fourth-order valence-electron chi connectivity index (χ4n) is 3.92. The van der Waals surface area contributed by atoms with E-state index in [-0.39, 0.29) is 30.1 Å². The Labute approximate surface area is 156 Å². The molecule has 0 saturated carbocycles. The van der Waals surface area contributed by atoms with Gasteiger partial charge in [-0.1, -0.05) is 35.5 Å². The molecule has 3 N–H and O–H groups in total. The second kappa shape index (κ2) is 7.01. The molecule has 1 aromatic heterocycles. The van der Waals surface area contributed by atoms with Crippen molar-refractivity contribution in [1.29, 1.82) is 0 Å². The molecule has 5 rings (SSSR count). The number of hydrogen-bond donors (Lipinski definition) is 3. The Morgan fingerprint density at radius 2 is 2.07 bits per heavy atom. The summed E-state index contributed by atoms with van der Waals surface area (Å²) in [6.07, 6.45) is 0.869. The number of fused-ring (bicyclic) bond motifs is 1. The number of aromatic nitrogens is 2. The molecule has 2 aromatic rings. The maximum atomic E-state index is 12.5. The first-order valence-electron chi connectivity index (χ1n) is 9.26. The summed E-state index contributed by atoms with van der Waals surface area (Å²) in [5.41, 5.74) is 1.17. The average molecular weight is 370 g/mol. The van der Waals surface area contributed by atoms with E-state index in [0.29, 0.717) is 38.2 Å². The highest BCUT2D eigenvalue weighted by Crippen LogP contribution is 2.36. The fraction of sp³-hybridized carbons (Fsp3) is 0.500. The molecule has 4 atom stereocenters. The van der Waals surface area contributed by atoms with Crippen molar-refractivity contribution >= 4 is 5.91 Å². The standard InChI is InChI=1S/C18H22N6O3/c25-18-15-17(20-9-19-15)21-10-24(18)7-14-22-16(23-27-14)12-6-13(26-8-12)11-4-2-1-3-5-11/h1-5,12-13,15,17,19-21H,6-10H2/t12-,13+,15?,17?/m1/s1. The Morgan fingerprint density at radius 1 is 1.19 bits per heavy atom. The van der Waals surface area contributed by atoms with E-state index in [9.17, 15) is 4.79 Å². The number of nitrogens with one attached hydrogen (secondary N) is 3. The van der Waals surface area contributed by atoms with Gasteiger partial charge in [-0.15, -0.1) is 0 Å². The number of carbonyl (C=O) groups excluding carboxylic acids is 1. The van der Waals surface area contributed by atoms with Crippen molar-refractivity contribution in [2.45, 2.75) is 37.2 Å². The lowest BCUT2D eigenvalue weighted by atomic mass is 10.0. The third-order valence-electron chi connectivity index (χ3n) is 5.40. The van der Waals surface area contributed by atoms with Gasteiger partial charge < -0.3 is 14.2 Å². The van der Waals surface area contributed by atoms with Crippen LogP contribution in [0.4, 0.5) is 0 Å². The van der Waals surface area contributed by atoms with Gasteiger partial charge in [0, 0.05) is 12.6 Å². The molecule has 0 spiro atoms. The van der Waals surface area contributed by atoms with Crippen LogP contribution in [0, 0.1) is 0 Å². The number of nitrogens with zero attached hydrogens (tertiary/aromatic N) is 3. The molecule has 0 aliphatic carbocycles. The SMILES string of the molecule is O=C1C2NCNC2NCN1Cc1nc([C@H]2CO[C@H](c3ccccc3)C2)no1. The largest absolute Gasteiger partial charge is 0.373 e. The zero-order valence-electron chi connectivity index (χ0n) is 14.8. The molecule has 3 aliphatic heterocycles. The Bertz CT molecular complexity index is 812. The van der Waals surface area contributed by atoms with Gasteiger partial charge >= 0.3 is 0 Å². The van der Waals surface area contributed by atoms with Crippen molar-refractivity contribution in [1.82, 2.24) is 31.0 Å². The molecular weight excluding hydrogens is 348 g/mol. The fourth-order valence-corrected chi connectivity index (χ4v) is 3.92. The van der Waals surface area contributed by atoms with E-state index in [4.69, 9.17) is 9.26 Å². The number of carbonyl (C=O) groups is 1. The summed E-state index contributed by atoms with van der Waals surface area (Å²) in [7, 11) is 0. The van der Waals surface area contributed by atoms with Crippen LogP contribution in [0.1, 0.15) is 35.7 Å². The highest BCUT2D eigenvalue weighted by Gasteiger charge is 2.39. The predicted octanol–water partition coefficient (Wildman–Crippen LogP) is 0.0491. The summed E-state index contributed by atoms with van der Waals surface area (Å²) in [4.78, 5) is 18.8. The molecule has 3 aliphatic rings. The lowest BCUT2D eigenvalue weighted by molar-refractivity contribution is -0.138. The van der Waals surface area contributed by atoms with Crippen LogP contribution < -0.4 is 16.0 Å². The molecule has 1 amide bonds. The summed E-state index contributed by atoms with van der Waals surface area (Å²) in [6, 6.07) is 9.92. The lowest BCUT2D eigenvalue weighted by Gasteiger charge is -2.33. The molecular formula is C18H22N6O3. The average Bonchev–Trinajstić information content (AvgIpc) is 3.45. The highest BCUT2D eigenvalue weighted by atomic mass is 16.5. The number of hydrogen-bond acceptors (Lipinski definition) is 8. The summed E-state index contributed by atoms with van der Waals surface area (Å²) in [6.45, 7) is 1.95. The summed E-state index contributed by atoms with van der Waals surface area (Å²) in [5, 5.41) is 13.8. The first kappa shape index (κ1) is 16.8.